The van der Waals surface area contributed by atoms with Crippen LogP contribution in [0.5, 0.6) is 5.75 Å². The van der Waals surface area contributed by atoms with Crippen molar-refractivity contribution >= 4 is 22.5 Å². The highest BCUT2D eigenvalue weighted by Gasteiger charge is 2.17. The van der Waals surface area contributed by atoms with Gasteiger partial charge in [0.1, 0.15) is 28.5 Å². The van der Waals surface area contributed by atoms with Crippen molar-refractivity contribution in [3.05, 3.63) is 92.4 Å². The van der Waals surface area contributed by atoms with Gasteiger partial charge < -0.3 is 13.7 Å². The second-order valence-corrected chi connectivity index (χ2v) is 8.19. The van der Waals surface area contributed by atoms with E-state index in [-0.39, 0.29) is 11.3 Å². The molecule has 33 heavy (non-hydrogen) atoms. The summed E-state index contributed by atoms with van der Waals surface area (Å²) in [5.74, 6) is 0.823. The minimum absolute atomic E-state index is 0.209. The third-order valence-electron chi connectivity index (χ3n) is 5.28. The van der Waals surface area contributed by atoms with Gasteiger partial charge in [0.25, 0.3) is 5.56 Å². The van der Waals surface area contributed by atoms with E-state index in [9.17, 15) is 18.4 Å². The van der Waals surface area contributed by atoms with Crippen molar-refractivity contribution in [1.29, 1.82) is 0 Å². The van der Waals surface area contributed by atoms with E-state index in [2.05, 4.69) is 14.2 Å². The van der Waals surface area contributed by atoms with E-state index >= 15 is 0 Å². The quantitative estimate of drug-likeness (QED) is 0.377. The van der Waals surface area contributed by atoms with Gasteiger partial charge in [0.05, 0.1) is 0 Å². The first-order valence-corrected chi connectivity index (χ1v) is 11.6. The molecule has 10 heteroatoms. The summed E-state index contributed by atoms with van der Waals surface area (Å²) in [6.07, 6.45) is 1.65. The van der Waals surface area contributed by atoms with E-state index in [1.54, 1.807) is 24.3 Å². The Bertz CT molecular complexity index is 1390. The highest BCUT2D eigenvalue weighted by molar-refractivity contribution is 7.74. The Morgan fingerprint density at radius 1 is 1.00 bits per heavy atom. The molecule has 2 aromatic heterocycles. The summed E-state index contributed by atoms with van der Waals surface area (Å²) < 4.78 is 28.7. The molecule has 1 unspecified atom stereocenters. The molecular weight excluding hydrogens is 444 g/mol. The maximum absolute atomic E-state index is 13.1. The molecule has 1 atom stereocenters. The van der Waals surface area contributed by atoms with Gasteiger partial charge in [0.2, 0.25) is 0 Å². The molecule has 0 aliphatic rings. The summed E-state index contributed by atoms with van der Waals surface area (Å²) in [5, 5.41) is 0. The number of hydrogen-bond donors (Lipinski definition) is 1. The van der Waals surface area contributed by atoms with Crippen LogP contribution in [0.15, 0.2) is 64.2 Å². The molecule has 0 spiro atoms. The number of nitrogens with one attached hydrogen (secondary N) is 1. The summed E-state index contributed by atoms with van der Waals surface area (Å²) in [4.78, 5) is 33.8. The molecule has 0 saturated carbocycles. The zero-order valence-corrected chi connectivity index (χ0v) is 18.8. The number of hydrogen-bond acceptors (Lipinski definition) is 6. The van der Waals surface area contributed by atoms with Crippen LogP contribution >= 0.6 is 0 Å². The van der Waals surface area contributed by atoms with Crippen molar-refractivity contribution in [2.24, 2.45) is 0 Å². The molecule has 172 valence electrons. The Morgan fingerprint density at radius 3 is 2.39 bits per heavy atom. The van der Waals surface area contributed by atoms with Gasteiger partial charge >= 0.3 is 5.69 Å². The summed E-state index contributed by atoms with van der Waals surface area (Å²) >= 11 is -2.63. The maximum Gasteiger partial charge on any atom is 0.332 e. The zero-order valence-electron chi connectivity index (χ0n) is 18.0. The molecule has 0 fully saturated rings. The number of aromatic nitrogens is 4. The summed E-state index contributed by atoms with van der Waals surface area (Å²) in [6, 6.07) is 16.3. The van der Waals surface area contributed by atoms with Crippen LogP contribution in [0, 0.1) is 0 Å². The lowest BCUT2D eigenvalue weighted by Gasteiger charge is -2.11. The van der Waals surface area contributed by atoms with Gasteiger partial charge in [-0.1, -0.05) is 49.4 Å². The van der Waals surface area contributed by atoms with E-state index in [4.69, 9.17) is 0 Å². The predicted octanol–water partition coefficient (Wildman–Crippen LogP) is 2.30. The molecular formula is C23H23N4O5S-. The van der Waals surface area contributed by atoms with Crippen LogP contribution in [0.4, 0.5) is 0 Å². The number of nitrogens with zero attached hydrogens (tertiary/aromatic N) is 3. The number of benzene rings is 2. The first-order valence-electron chi connectivity index (χ1n) is 10.6. The second kappa shape index (κ2) is 9.97. The highest BCUT2D eigenvalue weighted by Crippen LogP contribution is 2.15. The van der Waals surface area contributed by atoms with Crippen molar-refractivity contribution in [2.75, 3.05) is 0 Å². The minimum atomic E-state index is -2.63. The Hall–Kier alpha value is -3.50. The van der Waals surface area contributed by atoms with E-state index in [0.717, 1.165) is 11.1 Å². The minimum Gasteiger partial charge on any atom is -0.740 e. The van der Waals surface area contributed by atoms with Crippen molar-refractivity contribution in [1.82, 2.24) is 19.1 Å². The number of rotatable bonds is 9. The summed E-state index contributed by atoms with van der Waals surface area (Å²) in [5.41, 5.74) is 1.81. The van der Waals surface area contributed by atoms with Crippen LogP contribution in [0.2, 0.25) is 0 Å². The molecule has 4 aromatic rings. The Morgan fingerprint density at radius 2 is 1.73 bits per heavy atom. The third kappa shape index (κ3) is 5.12. The first-order chi connectivity index (χ1) is 16.0. The van der Waals surface area contributed by atoms with E-state index in [1.165, 1.54) is 9.13 Å². The normalized spacial score (nSPS) is 12.2. The predicted molar refractivity (Wildman–Crippen MR) is 124 cm³/mol. The standard InChI is InChI=1S/C23H24N4O5S/c1-2-13-27-22(28)20-21(25-19(24-20)15-17-6-4-3-5-7-17)26(23(27)29)14-12-16-8-10-18(11-9-16)32-33(30)31/h3-11H,2,12-15H2,1H3,(H,24,25)(H,30,31)/p-1. The molecule has 0 radical (unpaired) electrons. The fourth-order valence-electron chi connectivity index (χ4n) is 3.74. The van der Waals surface area contributed by atoms with E-state index < -0.39 is 17.1 Å². The second-order valence-electron chi connectivity index (χ2n) is 7.62. The Labute approximate surface area is 192 Å². The molecule has 9 nitrogen and oxygen atoms in total. The van der Waals surface area contributed by atoms with Gasteiger partial charge in [-0.3, -0.25) is 13.9 Å². The highest BCUT2D eigenvalue weighted by atomic mass is 32.2. The van der Waals surface area contributed by atoms with Crippen LogP contribution in [-0.2, 0) is 37.3 Å². The van der Waals surface area contributed by atoms with Gasteiger partial charge in [-0.15, -0.1) is 0 Å². The maximum atomic E-state index is 13.1. The molecule has 0 bridgehead atoms. The molecule has 2 aromatic carbocycles. The first kappa shape index (κ1) is 22.7. The molecule has 0 saturated heterocycles. The Kier molecular flexibility index (Phi) is 6.85. The molecule has 0 aliphatic carbocycles. The lowest BCUT2D eigenvalue weighted by atomic mass is 10.1. The Balaban J connectivity index is 1.68. The topological polar surface area (TPSA) is 122 Å². The lowest BCUT2D eigenvalue weighted by Crippen LogP contribution is -2.40. The van der Waals surface area contributed by atoms with Gasteiger partial charge in [-0.25, -0.2) is 14.0 Å². The average molecular weight is 468 g/mol. The fraction of sp³-hybridized carbons (Fsp3) is 0.261. The number of H-pyrrole nitrogens is 1. The average Bonchev–Trinajstić information content (AvgIpc) is 3.21. The van der Waals surface area contributed by atoms with Crippen LogP contribution < -0.4 is 15.4 Å². The van der Waals surface area contributed by atoms with Gasteiger partial charge in [0, 0.05) is 19.5 Å². The number of imidazole rings is 1. The van der Waals surface area contributed by atoms with Crippen LogP contribution in [0.1, 0.15) is 30.3 Å². The van der Waals surface area contributed by atoms with Crippen LogP contribution in [-0.4, -0.2) is 27.9 Å². The fourth-order valence-corrected chi connectivity index (χ4v) is 4.01. The SMILES string of the molecule is CCCn1c(=O)c2[nH]c(Cc3ccccc3)nc2n(CCc2ccc(OS(=O)[O-])cc2)c1=O. The van der Waals surface area contributed by atoms with Crippen molar-refractivity contribution < 1.29 is 12.9 Å². The monoisotopic (exact) mass is 467 g/mol. The van der Waals surface area contributed by atoms with Gasteiger partial charge in [-0.05, 0) is 36.1 Å². The van der Waals surface area contributed by atoms with Gasteiger partial charge in [0.15, 0.2) is 5.65 Å². The largest absolute Gasteiger partial charge is 0.740 e. The summed E-state index contributed by atoms with van der Waals surface area (Å²) in [6.45, 7) is 2.54. The summed E-state index contributed by atoms with van der Waals surface area (Å²) in [7, 11) is 0. The molecule has 1 N–H and O–H groups in total. The molecule has 2 heterocycles. The van der Waals surface area contributed by atoms with Crippen LogP contribution in [0.25, 0.3) is 11.2 Å². The smallest absolute Gasteiger partial charge is 0.332 e. The number of fused-ring (bicyclic) bond motifs is 1. The van der Waals surface area contributed by atoms with Crippen molar-refractivity contribution in [3.63, 3.8) is 0 Å². The molecule has 4 rings (SSSR count). The van der Waals surface area contributed by atoms with Gasteiger partial charge in [-0.2, -0.15) is 0 Å². The van der Waals surface area contributed by atoms with Crippen molar-refractivity contribution in [2.45, 2.75) is 39.3 Å². The lowest BCUT2D eigenvalue weighted by molar-refractivity contribution is 0.440. The molecule has 0 amide bonds. The zero-order chi connectivity index (χ0) is 23.4. The van der Waals surface area contributed by atoms with E-state index in [1.807, 2.05) is 37.3 Å². The van der Waals surface area contributed by atoms with E-state index in [0.29, 0.717) is 49.3 Å². The number of aromatic amines is 1. The van der Waals surface area contributed by atoms with Crippen molar-refractivity contribution in [3.8, 4) is 5.75 Å². The number of aryl methyl sites for hydroxylation is 2. The third-order valence-corrected chi connectivity index (χ3v) is 5.61. The molecule has 0 aliphatic heterocycles. The van der Waals surface area contributed by atoms with Crippen LogP contribution in [0.3, 0.4) is 0 Å².